The third kappa shape index (κ3) is 2.17. The zero-order valence-electron chi connectivity index (χ0n) is 8.82. The van der Waals surface area contributed by atoms with Crippen molar-refractivity contribution in [3.63, 3.8) is 0 Å². The quantitative estimate of drug-likeness (QED) is 0.752. The Hall–Kier alpha value is -0.960. The van der Waals surface area contributed by atoms with Crippen LogP contribution in [0.1, 0.15) is 36.4 Å². The van der Waals surface area contributed by atoms with Crippen LogP contribution in [0.25, 0.3) is 0 Å². The molecule has 0 spiro atoms. The average Bonchev–Trinajstić information content (AvgIpc) is 2.26. The van der Waals surface area contributed by atoms with Crippen LogP contribution in [0.2, 0.25) is 0 Å². The highest BCUT2D eigenvalue weighted by molar-refractivity contribution is 5.28. The zero-order valence-corrected chi connectivity index (χ0v) is 8.82. The molecule has 0 radical (unpaired) electrons. The number of piperidine rings is 1. The van der Waals surface area contributed by atoms with Crippen molar-refractivity contribution >= 4 is 0 Å². The lowest BCUT2D eigenvalue weighted by molar-refractivity contribution is 0.408. The Labute approximate surface area is 88.5 Å². The molecule has 1 aromatic carbocycles. The highest BCUT2D eigenvalue weighted by atomic mass is 19.2. The van der Waals surface area contributed by atoms with E-state index in [-0.39, 0.29) is 6.04 Å². The molecule has 1 unspecified atom stereocenters. The van der Waals surface area contributed by atoms with Crippen LogP contribution < -0.4 is 5.32 Å². The molecule has 0 bridgehead atoms. The van der Waals surface area contributed by atoms with Gasteiger partial charge in [-0.15, -0.1) is 0 Å². The molecule has 0 amide bonds. The standard InChI is InChI=1S/C12H15F2N/c1-8-6-9(7-10(13)12(8)14)11-4-2-3-5-15-11/h6-7,11,15H,2-5H2,1H3. The van der Waals surface area contributed by atoms with Gasteiger partial charge in [-0.05, 0) is 43.5 Å². The molecule has 1 aliphatic heterocycles. The summed E-state index contributed by atoms with van der Waals surface area (Å²) >= 11 is 0. The Bertz CT molecular complexity index is 334. The van der Waals surface area contributed by atoms with Gasteiger partial charge in [0, 0.05) is 6.04 Å². The monoisotopic (exact) mass is 211 g/mol. The van der Waals surface area contributed by atoms with Crippen LogP contribution in [0.3, 0.4) is 0 Å². The normalized spacial score (nSPS) is 21.7. The Morgan fingerprint density at radius 2 is 2.07 bits per heavy atom. The third-order valence-electron chi connectivity index (χ3n) is 2.95. The first-order valence-electron chi connectivity index (χ1n) is 5.37. The van der Waals surface area contributed by atoms with Crippen molar-refractivity contribution in [2.24, 2.45) is 0 Å². The smallest absolute Gasteiger partial charge is 0.161 e. The molecule has 1 atom stereocenters. The molecule has 1 heterocycles. The lowest BCUT2D eigenvalue weighted by atomic mass is 9.96. The third-order valence-corrected chi connectivity index (χ3v) is 2.95. The molecule has 0 aromatic heterocycles. The van der Waals surface area contributed by atoms with Crippen molar-refractivity contribution in [2.75, 3.05) is 6.54 Å². The molecule has 0 aliphatic carbocycles. The molecule has 82 valence electrons. The van der Waals surface area contributed by atoms with Crippen molar-refractivity contribution in [1.29, 1.82) is 0 Å². The van der Waals surface area contributed by atoms with Gasteiger partial charge in [0.25, 0.3) is 0 Å². The topological polar surface area (TPSA) is 12.0 Å². The van der Waals surface area contributed by atoms with E-state index in [1.165, 1.54) is 12.5 Å². The molecular weight excluding hydrogens is 196 g/mol. The van der Waals surface area contributed by atoms with Gasteiger partial charge in [-0.1, -0.05) is 12.5 Å². The van der Waals surface area contributed by atoms with Gasteiger partial charge in [0.05, 0.1) is 0 Å². The molecule has 1 nitrogen and oxygen atoms in total. The highest BCUT2D eigenvalue weighted by Crippen LogP contribution is 2.25. The van der Waals surface area contributed by atoms with Crippen LogP contribution in [-0.4, -0.2) is 6.54 Å². The molecule has 1 aliphatic rings. The molecule has 1 aromatic rings. The largest absolute Gasteiger partial charge is 0.310 e. The number of hydrogen-bond donors (Lipinski definition) is 1. The first kappa shape index (κ1) is 10.6. The van der Waals surface area contributed by atoms with Gasteiger partial charge in [-0.25, -0.2) is 8.78 Å². The fourth-order valence-electron chi connectivity index (χ4n) is 2.09. The molecule has 3 heteroatoms. The summed E-state index contributed by atoms with van der Waals surface area (Å²) in [5.41, 5.74) is 1.25. The van der Waals surface area contributed by atoms with Crippen molar-refractivity contribution < 1.29 is 8.78 Å². The maximum Gasteiger partial charge on any atom is 0.161 e. The average molecular weight is 211 g/mol. The van der Waals surface area contributed by atoms with Crippen LogP contribution in [0.15, 0.2) is 12.1 Å². The number of benzene rings is 1. The maximum absolute atomic E-state index is 13.2. The van der Waals surface area contributed by atoms with Crippen molar-refractivity contribution in [2.45, 2.75) is 32.2 Å². The Kier molecular flexibility index (Phi) is 3.00. The summed E-state index contributed by atoms with van der Waals surface area (Å²) in [6.45, 7) is 2.56. The van der Waals surface area contributed by atoms with Crippen LogP contribution in [0.4, 0.5) is 8.78 Å². The van der Waals surface area contributed by atoms with E-state index < -0.39 is 11.6 Å². The van der Waals surface area contributed by atoms with Crippen LogP contribution >= 0.6 is 0 Å². The summed E-state index contributed by atoms with van der Waals surface area (Å²) in [4.78, 5) is 0. The van der Waals surface area contributed by atoms with Gasteiger partial charge in [0.2, 0.25) is 0 Å². The summed E-state index contributed by atoms with van der Waals surface area (Å²) in [7, 11) is 0. The van der Waals surface area contributed by atoms with Crippen LogP contribution in [0, 0.1) is 18.6 Å². The highest BCUT2D eigenvalue weighted by Gasteiger charge is 2.17. The van der Waals surface area contributed by atoms with E-state index in [4.69, 9.17) is 0 Å². The minimum atomic E-state index is -0.739. The minimum Gasteiger partial charge on any atom is -0.310 e. The van der Waals surface area contributed by atoms with Crippen LogP contribution in [-0.2, 0) is 0 Å². The predicted octanol–water partition coefficient (Wildman–Crippen LogP) is 3.09. The molecule has 2 rings (SSSR count). The SMILES string of the molecule is Cc1cc(C2CCCCN2)cc(F)c1F. The number of halogens is 2. The number of aryl methyl sites for hydroxylation is 1. The summed E-state index contributed by atoms with van der Waals surface area (Å²) < 4.78 is 26.3. The number of rotatable bonds is 1. The Balaban J connectivity index is 2.27. The van der Waals surface area contributed by atoms with E-state index in [1.54, 1.807) is 13.0 Å². The van der Waals surface area contributed by atoms with Gasteiger partial charge in [0.1, 0.15) is 0 Å². The zero-order chi connectivity index (χ0) is 10.8. The predicted molar refractivity (Wildman–Crippen MR) is 55.7 cm³/mol. The van der Waals surface area contributed by atoms with E-state index >= 15 is 0 Å². The van der Waals surface area contributed by atoms with Gasteiger partial charge in [-0.3, -0.25) is 0 Å². The summed E-state index contributed by atoms with van der Waals surface area (Å²) in [5.74, 6) is -1.47. The molecule has 0 saturated carbocycles. The van der Waals surface area contributed by atoms with Gasteiger partial charge in [0.15, 0.2) is 11.6 Å². The van der Waals surface area contributed by atoms with Gasteiger partial charge in [-0.2, -0.15) is 0 Å². The second kappa shape index (κ2) is 4.27. The first-order valence-corrected chi connectivity index (χ1v) is 5.37. The van der Waals surface area contributed by atoms with E-state index in [0.29, 0.717) is 5.56 Å². The summed E-state index contributed by atoms with van der Waals surface area (Å²) in [6.07, 6.45) is 3.32. The first-order chi connectivity index (χ1) is 7.18. The second-order valence-electron chi connectivity index (χ2n) is 4.14. The van der Waals surface area contributed by atoms with Crippen LogP contribution in [0.5, 0.6) is 0 Å². The van der Waals surface area contributed by atoms with Crippen molar-refractivity contribution in [1.82, 2.24) is 5.32 Å². The molecule has 15 heavy (non-hydrogen) atoms. The van der Waals surface area contributed by atoms with Gasteiger partial charge >= 0.3 is 0 Å². The minimum absolute atomic E-state index is 0.188. The van der Waals surface area contributed by atoms with E-state index in [2.05, 4.69) is 5.32 Å². The summed E-state index contributed by atoms with van der Waals surface area (Å²) in [5, 5.41) is 3.32. The second-order valence-corrected chi connectivity index (χ2v) is 4.14. The molecule has 1 N–H and O–H groups in total. The fraction of sp³-hybridized carbons (Fsp3) is 0.500. The Morgan fingerprint density at radius 1 is 1.27 bits per heavy atom. The van der Waals surface area contributed by atoms with E-state index in [9.17, 15) is 8.78 Å². The maximum atomic E-state index is 13.2. The van der Waals surface area contributed by atoms with Gasteiger partial charge < -0.3 is 5.32 Å². The van der Waals surface area contributed by atoms with E-state index in [0.717, 1.165) is 24.9 Å². The lowest BCUT2D eigenvalue weighted by Crippen LogP contribution is -2.27. The molecular formula is C12H15F2N. The lowest BCUT2D eigenvalue weighted by Gasteiger charge is -2.24. The fourth-order valence-corrected chi connectivity index (χ4v) is 2.09. The summed E-state index contributed by atoms with van der Waals surface area (Å²) in [6, 6.07) is 3.24. The molecule has 1 saturated heterocycles. The molecule has 1 fully saturated rings. The number of hydrogen-bond acceptors (Lipinski definition) is 1. The Morgan fingerprint density at radius 3 is 2.67 bits per heavy atom. The van der Waals surface area contributed by atoms with E-state index in [1.807, 2.05) is 0 Å². The van der Waals surface area contributed by atoms with Crippen molar-refractivity contribution in [3.8, 4) is 0 Å². The number of nitrogens with one attached hydrogen (secondary N) is 1. The van der Waals surface area contributed by atoms with Crippen molar-refractivity contribution in [3.05, 3.63) is 34.9 Å².